The zero-order valence-corrected chi connectivity index (χ0v) is 30.8. The van der Waals surface area contributed by atoms with E-state index in [0.29, 0.717) is 0 Å². The third-order valence-electron chi connectivity index (χ3n) is 11.6. The first-order valence-corrected chi connectivity index (χ1v) is 19.3. The van der Waals surface area contributed by atoms with E-state index in [2.05, 4.69) is 189 Å². The highest BCUT2D eigenvalue weighted by molar-refractivity contribution is 6.14. The predicted octanol–water partition coefficient (Wildman–Crippen LogP) is 13.1. The summed E-state index contributed by atoms with van der Waals surface area (Å²) in [6, 6.07) is 67.5. The molecule has 0 N–H and O–H groups in total. The van der Waals surface area contributed by atoms with E-state index in [-0.39, 0.29) is 0 Å². The Balaban J connectivity index is 1.09. The highest BCUT2D eigenvalue weighted by atomic mass is 15.1. The number of hydrogen-bond donors (Lipinski definition) is 0. The number of benzene rings is 7. The van der Waals surface area contributed by atoms with E-state index in [9.17, 15) is 0 Å². The monoisotopic (exact) mass is 727 g/mol. The molecule has 0 saturated heterocycles. The molecule has 0 aliphatic heterocycles. The standard InChI is InChI=1S/C52H33N5/c1-5-16-46-39(11-1)40-12-2-6-17-47(40)55(46)37-24-26-50-43(32-37)44-33-38(56-48-18-7-3-13-41(48)42-14-4-8-19-49(42)56)25-27-51(44)57(50)52-31-36(28-30-54-52)34-20-22-35(23-21-34)45-15-9-10-29-53-45/h1-33H. The number of hydrogen-bond acceptors (Lipinski definition) is 2. The molecule has 12 aromatic rings. The first-order chi connectivity index (χ1) is 28.3. The number of aromatic nitrogens is 5. The maximum Gasteiger partial charge on any atom is 0.138 e. The molecule has 266 valence electrons. The van der Waals surface area contributed by atoms with Crippen LogP contribution in [0.1, 0.15) is 0 Å². The van der Waals surface area contributed by atoms with Crippen LogP contribution in [0.4, 0.5) is 0 Å². The number of pyridine rings is 2. The minimum Gasteiger partial charge on any atom is -0.309 e. The molecule has 0 bridgehead atoms. The summed E-state index contributed by atoms with van der Waals surface area (Å²) in [5, 5.41) is 7.33. The number of para-hydroxylation sites is 4. The van der Waals surface area contributed by atoms with E-state index < -0.39 is 0 Å². The fraction of sp³-hybridized carbons (Fsp3) is 0. The van der Waals surface area contributed by atoms with Gasteiger partial charge in [-0.15, -0.1) is 0 Å². The molecule has 0 aliphatic rings. The second kappa shape index (κ2) is 12.4. The largest absolute Gasteiger partial charge is 0.309 e. The molecule has 0 radical (unpaired) electrons. The SMILES string of the molecule is c1ccc(-c2ccc(-c3ccnc(-n4c5ccc(-n6c7ccccc7c7ccccc76)cc5c5cc(-n6c7ccccc7c7ccccc76)ccc54)c3)cc2)nc1. The van der Waals surface area contributed by atoms with Crippen molar-refractivity contribution in [3.05, 3.63) is 200 Å². The Morgan fingerprint density at radius 1 is 0.281 bits per heavy atom. The lowest BCUT2D eigenvalue weighted by atomic mass is 10.0. The van der Waals surface area contributed by atoms with Crippen molar-refractivity contribution in [2.45, 2.75) is 0 Å². The second-order valence-corrected chi connectivity index (χ2v) is 14.7. The summed E-state index contributed by atoms with van der Waals surface area (Å²) < 4.78 is 7.12. The van der Waals surface area contributed by atoms with Gasteiger partial charge in [0.2, 0.25) is 0 Å². The van der Waals surface area contributed by atoms with Crippen LogP contribution in [0.25, 0.3) is 105 Å². The highest BCUT2D eigenvalue weighted by Crippen LogP contribution is 2.39. The van der Waals surface area contributed by atoms with Gasteiger partial charge in [-0.3, -0.25) is 9.55 Å². The van der Waals surface area contributed by atoms with E-state index in [0.717, 1.165) is 50.6 Å². The topological polar surface area (TPSA) is 40.6 Å². The molecule has 5 aromatic heterocycles. The molecule has 5 heterocycles. The fourth-order valence-electron chi connectivity index (χ4n) is 9.01. The highest BCUT2D eigenvalue weighted by Gasteiger charge is 2.19. The molecule has 0 atom stereocenters. The Bertz CT molecular complexity index is 3240. The number of fused-ring (bicyclic) bond motifs is 9. The molecular formula is C52H33N5. The third kappa shape index (κ3) is 4.82. The summed E-state index contributed by atoms with van der Waals surface area (Å²) in [5.41, 5.74) is 13.5. The Labute approximate surface area is 328 Å². The van der Waals surface area contributed by atoms with Crippen molar-refractivity contribution in [3.8, 4) is 39.6 Å². The molecule has 7 aromatic carbocycles. The maximum absolute atomic E-state index is 5.02. The zero-order chi connectivity index (χ0) is 37.5. The van der Waals surface area contributed by atoms with Crippen molar-refractivity contribution in [2.75, 3.05) is 0 Å². The van der Waals surface area contributed by atoms with Crippen molar-refractivity contribution in [3.63, 3.8) is 0 Å². The van der Waals surface area contributed by atoms with Gasteiger partial charge >= 0.3 is 0 Å². The van der Waals surface area contributed by atoms with E-state index in [1.54, 1.807) is 0 Å². The van der Waals surface area contributed by atoms with Crippen molar-refractivity contribution < 1.29 is 0 Å². The van der Waals surface area contributed by atoms with E-state index in [1.165, 1.54) is 54.4 Å². The zero-order valence-electron chi connectivity index (χ0n) is 30.8. The second-order valence-electron chi connectivity index (χ2n) is 14.7. The first kappa shape index (κ1) is 31.6. The van der Waals surface area contributed by atoms with Gasteiger partial charge in [-0.1, -0.05) is 103 Å². The lowest BCUT2D eigenvalue weighted by Gasteiger charge is -2.11. The van der Waals surface area contributed by atoms with Gasteiger partial charge in [-0.05, 0) is 96.1 Å². The molecule has 57 heavy (non-hydrogen) atoms. The van der Waals surface area contributed by atoms with Crippen molar-refractivity contribution in [1.82, 2.24) is 23.7 Å². The summed E-state index contributed by atoms with van der Waals surface area (Å²) in [5.74, 6) is 0.871. The van der Waals surface area contributed by atoms with Crippen LogP contribution >= 0.6 is 0 Å². The van der Waals surface area contributed by atoms with Crippen molar-refractivity contribution in [2.24, 2.45) is 0 Å². The van der Waals surface area contributed by atoms with Crippen LogP contribution in [0.15, 0.2) is 200 Å². The first-order valence-electron chi connectivity index (χ1n) is 19.3. The molecule has 5 nitrogen and oxygen atoms in total. The van der Waals surface area contributed by atoms with Gasteiger partial charge in [-0.2, -0.15) is 0 Å². The lowest BCUT2D eigenvalue weighted by Crippen LogP contribution is -1.99. The molecule has 5 heteroatoms. The molecule has 0 amide bonds. The number of nitrogens with zero attached hydrogens (tertiary/aromatic N) is 5. The van der Waals surface area contributed by atoms with Gasteiger partial charge in [0.1, 0.15) is 5.82 Å². The summed E-state index contributed by atoms with van der Waals surface area (Å²) >= 11 is 0. The van der Waals surface area contributed by atoms with E-state index in [4.69, 9.17) is 4.98 Å². The Kier molecular flexibility index (Phi) is 6.86. The Morgan fingerprint density at radius 3 is 1.23 bits per heavy atom. The van der Waals surface area contributed by atoms with Crippen LogP contribution in [0.3, 0.4) is 0 Å². The smallest absolute Gasteiger partial charge is 0.138 e. The van der Waals surface area contributed by atoms with Crippen LogP contribution in [0, 0.1) is 0 Å². The van der Waals surface area contributed by atoms with Gasteiger partial charge in [0.15, 0.2) is 0 Å². The summed E-state index contributed by atoms with van der Waals surface area (Å²) in [7, 11) is 0. The van der Waals surface area contributed by atoms with Crippen LogP contribution in [-0.4, -0.2) is 23.7 Å². The average Bonchev–Trinajstić information content (AvgIpc) is 3.92. The van der Waals surface area contributed by atoms with Crippen LogP contribution < -0.4 is 0 Å². The molecule has 12 rings (SSSR count). The van der Waals surface area contributed by atoms with Gasteiger partial charge < -0.3 is 9.13 Å². The molecule has 0 unspecified atom stereocenters. The van der Waals surface area contributed by atoms with Crippen LogP contribution in [0.5, 0.6) is 0 Å². The van der Waals surface area contributed by atoms with Crippen molar-refractivity contribution >= 4 is 65.4 Å². The van der Waals surface area contributed by atoms with E-state index in [1.807, 2.05) is 30.6 Å². The quantitative estimate of drug-likeness (QED) is 0.177. The summed E-state index contributed by atoms with van der Waals surface area (Å²) in [6.07, 6.45) is 3.76. The average molecular weight is 728 g/mol. The summed E-state index contributed by atoms with van der Waals surface area (Å²) in [4.78, 5) is 9.57. The number of rotatable bonds is 5. The predicted molar refractivity (Wildman–Crippen MR) is 236 cm³/mol. The van der Waals surface area contributed by atoms with Crippen LogP contribution in [-0.2, 0) is 0 Å². The van der Waals surface area contributed by atoms with Crippen LogP contribution in [0.2, 0.25) is 0 Å². The van der Waals surface area contributed by atoms with Gasteiger partial charge in [0.05, 0.1) is 38.8 Å². The molecule has 0 aliphatic carbocycles. The van der Waals surface area contributed by atoms with Gasteiger partial charge in [0, 0.05) is 61.6 Å². The molecular weight excluding hydrogens is 695 g/mol. The lowest BCUT2D eigenvalue weighted by molar-refractivity contribution is 1.08. The van der Waals surface area contributed by atoms with Gasteiger partial charge in [0.25, 0.3) is 0 Å². The Hall–Kier alpha value is -7.76. The molecule has 0 fully saturated rings. The minimum atomic E-state index is 0.871. The Morgan fingerprint density at radius 2 is 0.737 bits per heavy atom. The van der Waals surface area contributed by atoms with Crippen molar-refractivity contribution in [1.29, 1.82) is 0 Å². The minimum absolute atomic E-state index is 0.871. The molecule has 0 spiro atoms. The third-order valence-corrected chi connectivity index (χ3v) is 11.6. The molecule has 0 saturated carbocycles. The maximum atomic E-state index is 5.02. The van der Waals surface area contributed by atoms with Gasteiger partial charge in [-0.25, -0.2) is 4.98 Å². The fourth-order valence-corrected chi connectivity index (χ4v) is 9.01. The normalized spacial score (nSPS) is 11.9. The van der Waals surface area contributed by atoms with E-state index >= 15 is 0 Å². The summed E-state index contributed by atoms with van der Waals surface area (Å²) in [6.45, 7) is 0.